The molecule has 22 nitrogen and oxygen atoms in total. The van der Waals surface area contributed by atoms with Gasteiger partial charge < -0.3 is 68.5 Å². The molecule has 5 fully saturated rings. The van der Waals surface area contributed by atoms with Gasteiger partial charge in [-0.3, -0.25) is 19.6 Å². The van der Waals surface area contributed by atoms with Crippen LogP contribution in [-0.4, -0.2) is 161 Å². The molecule has 0 spiro atoms. The molecule has 0 aliphatic carbocycles. The first-order valence-corrected chi connectivity index (χ1v) is 46.4. The van der Waals surface area contributed by atoms with Crippen LogP contribution in [0.1, 0.15) is 233 Å². The zero-order valence-corrected chi connectivity index (χ0v) is 85.0. The lowest BCUT2D eigenvalue weighted by Gasteiger charge is -2.46. The van der Waals surface area contributed by atoms with Crippen LogP contribution in [0.3, 0.4) is 0 Å². The van der Waals surface area contributed by atoms with Crippen LogP contribution in [0.25, 0.3) is 56.0 Å². The van der Waals surface area contributed by atoms with Crippen LogP contribution in [0.2, 0.25) is 5.02 Å². The Morgan fingerprint density at radius 2 is 0.809 bits per heavy atom. The van der Waals surface area contributed by atoms with Gasteiger partial charge in [-0.05, 0) is 261 Å². The van der Waals surface area contributed by atoms with Crippen molar-refractivity contribution in [3.8, 4) is 75.3 Å². The summed E-state index contributed by atoms with van der Waals surface area (Å²) in [6, 6.07) is 51.6. The Morgan fingerprint density at radius 1 is 0.481 bits per heavy atom. The summed E-state index contributed by atoms with van der Waals surface area (Å²) in [5, 5.41) is 61.8. The third kappa shape index (κ3) is 29.0. The highest BCUT2D eigenvalue weighted by Gasteiger charge is 2.52. The predicted octanol–water partition coefficient (Wildman–Crippen LogP) is 21.3. The highest BCUT2D eigenvalue weighted by Crippen LogP contribution is 2.42. The predicted molar refractivity (Wildman–Crippen MR) is 533 cm³/mol. The van der Waals surface area contributed by atoms with E-state index in [1.807, 2.05) is 119 Å². The smallest absolute Gasteiger partial charge is 0.489 e. The lowest BCUT2D eigenvalue weighted by atomic mass is 9.78. The molecule has 1 radical (unpaired) electrons. The van der Waals surface area contributed by atoms with Crippen LogP contribution < -0.4 is 40.9 Å². The maximum atomic E-state index is 12.5. The molecule has 131 heavy (non-hydrogen) atoms. The maximum Gasteiger partial charge on any atom is 0.494 e. The molecule has 10 aromatic rings. The van der Waals surface area contributed by atoms with Crippen molar-refractivity contribution in [2.24, 2.45) is 0 Å². The molecule has 5 N–H and O–H groups in total. The summed E-state index contributed by atoms with van der Waals surface area (Å²) in [4.78, 5) is 35.9. The number of amides is 2. The number of piperidine rings is 4. The maximum absolute atomic E-state index is 12.5. The number of pyridine rings is 2. The molecular formula is C102H126B2Br2ClFN12O10P. The van der Waals surface area contributed by atoms with Crippen molar-refractivity contribution in [2.75, 3.05) is 28.2 Å². The summed E-state index contributed by atoms with van der Waals surface area (Å²) in [7, 11) is 9.71. The van der Waals surface area contributed by atoms with E-state index < -0.39 is 24.1 Å². The zero-order chi connectivity index (χ0) is 97.8. The van der Waals surface area contributed by atoms with Gasteiger partial charge in [0.25, 0.3) is 11.8 Å². The summed E-state index contributed by atoms with van der Waals surface area (Å²) in [5.74, 6) is 2.66. The number of ether oxygens (including phenoxy) is 3. The van der Waals surface area contributed by atoms with E-state index in [-0.39, 0.29) is 86.1 Å². The number of rotatable bonds is 12. The Balaban J connectivity index is 0.000000187. The summed E-state index contributed by atoms with van der Waals surface area (Å²) in [6.45, 7) is 42.9. The van der Waals surface area contributed by atoms with Crippen molar-refractivity contribution in [1.82, 2.24) is 41.0 Å². The molecule has 29 heteroatoms. The molecule has 693 valence electrons. The fourth-order valence-electron chi connectivity index (χ4n) is 18.2. The summed E-state index contributed by atoms with van der Waals surface area (Å²) in [6.07, 6.45) is 10.5. The molecule has 1 unspecified atom stereocenters. The minimum absolute atomic E-state index is 0.00821. The van der Waals surface area contributed by atoms with E-state index in [0.29, 0.717) is 88.3 Å². The average molecular weight is 1950 g/mol. The average Bonchev–Trinajstić information content (AvgIpc) is 1.55. The molecule has 0 saturated carbocycles. The van der Waals surface area contributed by atoms with Gasteiger partial charge in [-0.15, -0.1) is 0 Å². The minimum Gasteiger partial charge on any atom is -0.489 e. The number of aliphatic hydroxyl groups excluding tert-OH is 1. The lowest BCUT2D eigenvalue weighted by Crippen LogP contribution is -2.60. The second kappa shape index (κ2) is 42.8. The van der Waals surface area contributed by atoms with Crippen molar-refractivity contribution < 1.29 is 51.4 Å². The second-order valence-corrected chi connectivity index (χ2v) is 42.9. The number of nitriles is 4. The molecule has 4 aromatic heterocycles. The lowest BCUT2D eigenvalue weighted by molar-refractivity contribution is 0.00578. The molecule has 9 heterocycles. The number of furan rings is 2. The third-order valence-corrected chi connectivity index (χ3v) is 24.4. The Morgan fingerprint density at radius 3 is 1.18 bits per heavy atom. The number of nitrogens with zero attached hydrogens (tertiary/aromatic N) is 8. The number of aliphatic hydroxyl groups is 1. The number of aromatic nitrogens is 2. The number of carbonyl (C=O) groups is 2. The highest BCUT2D eigenvalue weighted by molar-refractivity contribution is 9.10. The number of nitrogens with one attached hydrogen (secondary N) is 4. The number of fused-ring (bicyclic) bond motifs is 2. The van der Waals surface area contributed by atoms with E-state index in [1.165, 1.54) is 19.7 Å². The quantitative estimate of drug-likeness (QED) is 0.0561. The van der Waals surface area contributed by atoms with Crippen molar-refractivity contribution in [2.45, 2.75) is 270 Å². The molecule has 1 atom stereocenters. The van der Waals surface area contributed by atoms with Gasteiger partial charge in [0, 0.05) is 172 Å². The van der Waals surface area contributed by atoms with Crippen molar-refractivity contribution in [3.63, 3.8) is 0 Å². The second-order valence-electron chi connectivity index (χ2n) is 40.7. The van der Waals surface area contributed by atoms with Gasteiger partial charge in [0.05, 0.1) is 44.6 Å². The van der Waals surface area contributed by atoms with Crippen LogP contribution in [0, 0.1) is 51.1 Å². The SMILES string of the molecule is CC1(C)CC(O)CC(C)(C)N1.CC1(C)CC(Oc2ccc(B3OC(C)(C)C(C)(C)O3)cc2C#N)CC(C)(C)N1.CC1(C)CC(Oc2ccc(Br)cc2C#N)CC(C)(C)N1.CN(C)C(=O)c1ccc(-c2cc3nccc(-c4ccc(OC5CC(C)(C)NC(C)(C)C5)c(C#N)c4)c3o2)cc1.CN(C)C(=O)c1ccc(-c2cc3nccc(Cl)c3o2)cc1.N#Cc1cc(Br)ccc1F.[2H][B]P. The Labute approximate surface area is 800 Å². The van der Waals surface area contributed by atoms with Crippen molar-refractivity contribution in [1.29, 1.82) is 22.4 Å². The van der Waals surface area contributed by atoms with E-state index in [0.717, 1.165) is 83.6 Å². The Kier molecular flexibility index (Phi) is 33.8. The topological polar surface area (TPSA) is 302 Å². The Bertz CT molecular complexity index is 5820. The number of benzene rings is 6. The zero-order valence-electron chi connectivity index (χ0n) is 80.9. The standard InChI is InChI=1S/C32H34N4O3.C22H33BN2O3.C16H21BrN2O.C16H13ClN2O2.C9H19NO.C7H3BrFN.BH3P/c1-31(2)17-24(18-32(3,4)35-31)38-27-12-11-22(15-23(27)19-33)25-13-14-34-26-16-28(39-29(25)26)20-7-9-21(10-8-20)30(37)36(5)6;1-19(2)12-17(13-20(3,4)25-19)26-18-10-9-16(11-15(18)14-24)23-27-21(5,6)22(7,8)28-23;1-15(2)8-13(9-16(3,4)19-15)20-14-6-5-12(17)7-11(14)10-18;1-19(2)16(20)11-5-3-10(4-6-11)14-9-13-15(21-14)12(17)7-8-18-13;1-8(2)5-7(11)6-9(3,4)10-8;8-6-1-2-7(9)5(3-6)4-10;1-2/h7-16,24,35H,17-18H2,1-6H3;9-11,17,25H,12-13H2,1-8H3;5-7,13,19H,8-9H2,1-4H3;3-9H,1-2H3;7,10-11H,5-6H2,1-4H3;1-3H;1H,2H2/i;;;;;;1D. The number of hydrogen-bond acceptors (Lipinski definition) is 20. The van der Waals surface area contributed by atoms with Crippen molar-refractivity contribution in [3.05, 3.63) is 211 Å². The van der Waals surface area contributed by atoms with E-state index in [4.69, 9.17) is 50.6 Å². The van der Waals surface area contributed by atoms with Gasteiger partial charge in [-0.1, -0.05) is 79.9 Å². The largest absolute Gasteiger partial charge is 0.494 e. The van der Waals surface area contributed by atoms with Gasteiger partial charge >= 0.3 is 7.12 Å². The molecule has 0 bridgehead atoms. The summed E-state index contributed by atoms with van der Waals surface area (Å²) < 4.78 is 63.3. The first kappa shape index (κ1) is 104. The van der Waals surface area contributed by atoms with Gasteiger partial charge in [-0.25, -0.2) is 4.39 Å². The van der Waals surface area contributed by atoms with E-state index >= 15 is 0 Å². The normalized spacial score (nSPS) is 18.6. The molecule has 15 rings (SSSR count). The number of carbonyl (C=O) groups excluding carboxylic acids is 2. The van der Waals surface area contributed by atoms with Crippen LogP contribution in [0.5, 0.6) is 17.2 Å². The fourth-order valence-corrected chi connectivity index (χ4v) is 19.1. The van der Waals surface area contributed by atoms with Crippen LogP contribution in [-0.2, 0) is 9.31 Å². The molecular weight excluding hydrogens is 1820 g/mol. The van der Waals surface area contributed by atoms with Gasteiger partial charge in [0.2, 0.25) is 0 Å². The summed E-state index contributed by atoms with van der Waals surface area (Å²) in [5.41, 5.74) is 9.08. The molecule has 5 aliphatic heterocycles. The van der Waals surface area contributed by atoms with Gasteiger partial charge in [0.1, 0.15) is 95.7 Å². The molecule has 6 aromatic carbocycles. The van der Waals surface area contributed by atoms with Crippen molar-refractivity contribution >= 4 is 107 Å². The van der Waals surface area contributed by atoms with Crippen LogP contribution >= 0.6 is 52.6 Å². The first-order chi connectivity index (χ1) is 61.4. The Hall–Kier alpha value is -9.54. The minimum atomic E-state index is -0.483. The van der Waals surface area contributed by atoms with Crippen LogP contribution in [0.15, 0.2) is 176 Å². The fraction of sp³-hybridized carbons (Fsp3) is 0.451. The number of hydrogen-bond donors (Lipinski definition) is 5. The first-order valence-electron chi connectivity index (χ1n) is 44.3. The van der Waals surface area contributed by atoms with Crippen LogP contribution in [0.4, 0.5) is 4.39 Å². The highest BCUT2D eigenvalue weighted by atomic mass is 79.9. The number of halogens is 4. The molecule has 2 amide bonds. The third-order valence-electron chi connectivity index (χ3n) is 23.1. The molecule has 5 aliphatic rings. The van der Waals surface area contributed by atoms with E-state index in [9.17, 15) is 34.9 Å². The molecule has 5 saturated heterocycles. The van der Waals surface area contributed by atoms with E-state index in [2.05, 4.69) is 201 Å². The summed E-state index contributed by atoms with van der Waals surface area (Å²) >= 11 is 12.6. The monoisotopic (exact) mass is 1940 g/mol. The van der Waals surface area contributed by atoms with E-state index in [1.54, 1.807) is 98.9 Å². The van der Waals surface area contributed by atoms with Gasteiger partial charge in [-0.2, -0.15) is 30.2 Å². The van der Waals surface area contributed by atoms with Gasteiger partial charge in [0.15, 0.2) is 11.2 Å².